The van der Waals surface area contributed by atoms with E-state index in [0.29, 0.717) is 6.42 Å². The second-order valence-corrected chi connectivity index (χ2v) is 10.0. The van der Waals surface area contributed by atoms with Crippen LogP contribution in [0.1, 0.15) is 75.0 Å². The largest absolute Gasteiger partial charge is 0.507 e. The van der Waals surface area contributed by atoms with Crippen LogP contribution in [0.15, 0.2) is 102 Å². The van der Waals surface area contributed by atoms with Crippen molar-refractivity contribution in [3.63, 3.8) is 0 Å². The molecule has 0 radical (unpaired) electrons. The first-order chi connectivity index (χ1) is 19.1. The Morgan fingerprint density at radius 3 is 1.72 bits per heavy atom. The number of carbonyl (C=O) groups is 2. The van der Waals surface area contributed by atoms with Gasteiger partial charge >= 0.3 is 5.97 Å². The molecular weight excluding hydrogens is 488 g/mol. The number of esters is 1. The van der Waals surface area contributed by atoms with Gasteiger partial charge in [-0.2, -0.15) is 0 Å². The second kappa shape index (κ2) is 13.9. The van der Waals surface area contributed by atoms with Crippen LogP contribution in [-0.4, -0.2) is 29.6 Å². The third kappa shape index (κ3) is 6.66. The molecule has 1 N–H and O–H groups in total. The number of unbranched alkanes of at least 4 members (excludes halogenated alkanes) is 6. The number of hydrogen-bond acceptors (Lipinski definition) is 5. The summed E-state index contributed by atoms with van der Waals surface area (Å²) in [6.07, 6.45) is 6.65. The highest BCUT2D eigenvalue weighted by atomic mass is 16.6. The van der Waals surface area contributed by atoms with Gasteiger partial charge in [-0.3, -0.25) is 4.79 Å². The highest BCUT2D eigenvalue weighted by Gasteiger charge is 2.42. The van der Waals surface area contributed by atoms with Crippen LogP contribution in [0.5, 0.6) is 0 Å². The number of cyclic esters (lactones) is 1. The van der Waals surface area contributed by atoms with E-state index in [2.05, 4.69) is 6.92 Å². The smallest absolute Gasteiger partial charge is 0.346 e. The van der Waals surface area contributed by atoms with Crippen molar-refractivity contribution >= 4 is 11.8 Å². The lowest BCUT2D eigenvalue weighted by Gasteiger charge is -2.36. The van der Waals surface area contributed by atoms with Gasteiger partial charge in [-0.1, -0.05) is 136 Å². The maximum atomic E-state index is 12.9. The normalized spacial score (nSPS) is 15.4. The molecule has 1 heterocycles. The van der Waals surface area contributed by atoms with E-state index in [9.17, 15) is 14.7 Å². The Labute approximate surface area is 231 Å². The Morgan fingerprint density at radius 2 is 1.23 bits per heavy atom. The number of aliphatic hydroxyl groups excluding tert-OH is 1. The van der Waals surface area contributed by atoms with E-state index in [4.69, 9.17) is 9.47 Å². The summed E-state index contributed by atoms with van der Waals surface area (Å²) in [7, 11) is 0. The van der Waals surface area contributed by atoms with Crippen molar-refractivity contribution in [1.82, 2.24) is 0 Å². The molecule has 0 spiro atoms. The zero-order valence-corrected chi connectivity index (χ0v) is 22.7. The van der Waals surface area contributed by atoms with E-state index in [1.807, 2.05) is 91.0 Å². The first-order valence-electron chi connectivity index (χ1n) is 14.1. The molecule has 0 aromatic heterocycles. The number of rotatable bonds is 15. The third-order valence-electron chi connectivity index (χ3n) is 7.29. The minimum atomic E-state index is -1.05. The fourth-order valence-corrected chi connectivity index (χ4v) is 5.22. The fraction of sp³-hybridized carbons (Fsp3) is 0.353. The molecule has 0 saturated heterocycles. The molecule has 39 heavy (non-hydrogen) atoms. The van der Waals surface area contributed by atoms with Crippen molar-refractivity contribution in [1.29, 1.82) is 0 Å². The average Bonchev–Trinajstić information content (AvgIpc) is 3.27. The van der Waals surface area contributed by atoms with Crippen LogP contribution in [0, 0.1) is 0 Å². The average molecular weight is 527 g/mol. The number of aliphatic hydroxyl groups is 1. The van der Waals surface area contributed by atoms with Crippen molar-refractivity contribution in [2.75, 3.05) is 6.61 Å². The molecule has 5 nitrogen and oxygen atoms in total. The zero-order valence-electron chi connectivity index (χ0n) is 22.7. The Hall–Kier alpha value is -3.70. The zero-order chi connectivity index (χ0) is 27.5. The molecule has 4 rings (SSSR count). The van der Waals surface area contributed by atoms with E-state index in [0.717, 1.165) is 36.0 Å². The van der Waals surface area contributed by atoms with Crippen molar-refractivity contribution in [2.24, 2.45) is 0 Å². The van der Waals surface area contributed by atoms with E-state index in [1.165, 1.54) is 19.3 Å². The fourth-order valence-electron chi connectivity index (χ4n) is 5.22. The quantitative estimate of drug-likeness (QED) is 0.0964. The van der Waals surface area contributed by atoms with E-state index in [1.54, 1.807) is 0 Å². The van der Waals surface area contributed by atoms with Gasteiger partial charge in [0, 0.05) is 6.42 Å². The molecule has 204 valence electrons. The van der Waals surface area contributed by atoms with Gasteiger partial charge in [0.15, 0.2) is 17.6 Å². The summed E-state index contributed by atoms with van der Waals surface area (Å²) in [6.45, 7) is 2.06. The Bertz CT molecular complexity index is 1140. The molecule has 1 aliphatic rings. The summed E-state index contributed by atoms with van der Waals surface area (Å²) in [4.78, 5) is 25.5. The van der Waals surface area contributed by atoms with Crippen LogP contribution in [0.25, 0.3) is 0 Å². The Kier molecular flexibility index (Phi) is 10.1. The first-order valence-corrected chi connectivity index (χ1v) is 14.1. The van der Waals surface area contributed by atoms with E-state index >= 15 is 0 Å². The van der Waals surface area contributed by atoms with Crippen LogP contribution in [-0.2, 0) is 24.7 Å². The number of ether oxygens (including phenoxy) is 2. The second-order valence-electron chi connectivity index (χ2n) is 10.0. The van der Waals surface area contributed by atoms with Crippen LogP contribution in [0.4, 0.5) is 0 Å². The Balaban J connectivity index is 1.54. The SMILES string of the molecule is CCCCCCCCCC(=O)C1=C(O)C(COC(c2ccccc2)(c2ccccc2)c2ccccc2)OC1=O. The standard InChI is InChI=1S/C34H38O5/c1-2-3-4-5-6-7-17-24-29(35)31-32(36)30(39-33(31)37)25-38-34(26-18-11-8-12-19-26,27-20-13-9-14-21-27)28-22-15-10-16-23-28/h8-16,18-23,30,36H,2-7,17,24-25H2,1H3. The van der Waals surface area contributed by atoms with Gasteiger partial charge in [0.1, 0.15) is 11.2 Å². The molecule has 3 aromatic carbocycles. The Morgan fingerprint density at radius 1 is 0.769 bits per heavy atom. The number of carbonyl (C=O) groups excluding carboxylic acids is 2. The highest BCUT2D eigenvalue weighted by Crippen LogP contribution is 2.41. The van der Waals surface area contributed by atoms with Crippen molar-refractivity contribution in [3.8, 4) is 0 Å². The molecule has 0 fully saturated rings. The molecule has 1 aliphatic heterocycles. The maximum absolute atomic E-state index is 12.9. The molecule has 0 bridgehead atoms. The van der Waals surface area contributed by atoms with Crippen molar-refractivity contribution in [2.45, 2.75) is 70.0 Å². The lowest BCUT2D eigenvalue weighted by atomic mass is 9.80. The molecule has 1 atom stereocenters. The molecule has 1 unspecified atom stereocenters. The van der Waals surface area contributed by atoms with Gasteiger partial charge in [0.05, 0.1) is 6.61 Å². The van der Waals surface area contributed by atoms with Crippen LogP contribution < -0.4 is 0 Å². The predicted molar refractivity (Wildman–Crippen MR) is 152 cm³/mol. The van der Waals surface area contributed by atoms with Crippen LogP contribution >= 0.6 is 0 Å². The summed E-state index contributed by atoms with van der Waals surface area (Å²) in [5.41, 5.74) is 1.42. The number of hydrogen-bond donors (Lipinski definition) is 1. The summed E-state index contributed by atoms with van der Waals surface area (Å²) >= 11 is 0. The number of ketones is 1. The monoisotopic (exact) mass is 526 g/mol. The molecular formula is C34H38O5. The van der Waals surface area contributed by atoms with Gasteiger partial charge < -0.3 is 14.6 Å². The van der Waals surface area contributed by atoms with E-state index in [-0.39, 0.29) is 30.1 Å². The summed E-state index contributed by atoms with van der Waals surface area (Å²) in [5.74, 6) is -1.48. The van der Waals surface area contributed by atoms with Gasteiger partial charge in [-0.25, -0.2) is 4.79 Å². The van der Waals surface area contributed by atoms with E-state index < -0.39 is 17.7 Å². The first kappa shape index (κ1) is 28.3. The topological polar surface area (TPSA) is 72.8 Å². The third-order valence-corrected chi connectivity index (χ3v) is 7.29. The predicted octanol–water partition coefficient (Wildman–Crippen LogP) is 7.44. The molecule has 0 saturated carbocycles. The lowest BCUT2D eigenvalue weighted by Crippen LogP contribution is -2.36. The summed E-state index contributed by atoms with van der Waals surface area (Å²) < 4.78 is 12.2. The van der Waals surface area contributed by atoms with Crippen LogP contribution in [0.3, 0.4) is 0 Å². The minimum Gasteiger partial charge on any atom is -0.507 e. The van der Waals surface area contributed by atoms with Gasteiger partial charge in [-0.15, -0.1) is 0 Å². The number of benzene rings is 3. The van der Waals surface area contributed by atoms with Gasteiger partial charge in [-0.05, 0) is 23.1 Å². The van der Waals surface area contributed by atoms with Crippen LogP contribution in [0.2, 0.25) is 0 Å². The highest BCUT2D eigenvalue weighted by molar-refractivity contribution is 6.19. The summed E-state index contributed by atoms with van der Waals surface area (Å²) in [5, 5.41) is 10.9. The van der Waals surface area contributed by atoms with Gasteiger partial charge in [0.25, 0.3) is 0 Å². The summed E-state index contributed by atoms with van der Waals surface area (Å²) in [6, 6.07) is 29.5. The lowest BCUT2D eigenvalue weighted by molar-refractivity contribution is -0.145. The number of Topliss-reactive ketones (excluding diaryl/α,β-unsaturated/α-hetero) is 1. The molecule has 0 aliphatic carbocycles. The van der Waals surface area contributed by atoms with Crippen molar-refractivity contribution in [3.05, 3.63) is 119 Å². The molecule has 5 heteroatoms. The molecule has 3 aromatic rings. The maximum Gasteiger partial charge on any atom is 0.346 e. The molecule has 0 amide bonds. The minimum absolute atomic E-state index is 0.121. The van der Waals surface area contributed by atoms with Crippen molar-refractivity contribution < 1.29 is 24.2 Å². The van der Waals surface area contributed by atoms with Gasteiger partial charge in [0.2, 0.25) is 0 Å².